The van der Waals surface area contributed by atoms with Gasteiger partial charge in [-0.1, -0.05) is 13.8 Å². The normalized spacial score (nSPS) is 15.9. The van der Waals surface area contributed by atoms with Gasteiger partial charge in [-0.25, -0.2) is 0 Å². The Labute approximate surface area is 84.3 Å². The van der Waals surface area contributed by atoms with Crippen molar-refractivity contribution >= 4 is 0 Å². The fraction of sp³-hybridized carbons (Fsp3) is 1.00. The summed E-state index contributed by atoms with van der Waals surface area (Å²) in [4.78, 5) is 2.36. The van der Waals surface area contributed by atoms with Crippen LogP contribution in [-0.4, -0.2) is 38.3 Å². The summed E-state index contributed by atoms with van der Waals surface area (Å²) in [5.41, 5.74) is 0. The van der Waals surface area contributed by atoms with Crippen molar-refractivity contribution in [3.63, 3.8) is 0 Å². The minimum atomic E-state index is 0.384. The monoisotopic (exact) mass is 189 g/mol. The Bertz CT molecular complexity index is 78.2. The summed E-state index contributed by atoms with van der Waals surface area (Å²) in [6.07, 6.45) is 3.21. The molecule has 0 atom stereocenters. The Morgan fingerprint density at radius 3 is 1.46 bits per heavy atom. The van der Waals surface area contributed by atoms with Crippen LogP contribution in [-0.2, 0) is 4.74 Å². The molecule has 13 heavy (non-hydrogen) atoms. The van der Waals surface area contributed by atoms with Crippen molar-refractivity contribution in [3.05, 3.63) is 0 Å². The van der Waals surface area contributed by atoms with Crippen molar-refractivity contribution in [2.75, 3.05) is 27.2 Å². The molecule has 1 aliphatic rings. The second kappa shape index (κ2) is 11.9. The first-order valence-corrected chi connectivity index (χ1v) is 5.38. The third-order valence-corrected chi connectivity index (χ3v) is 1.80. The van der Waals surface area contributed by atoms with Gasteiger partial charge in [0.25, 0.3) is 0 Å². The second-order valence-corrected chi connectivity index (χ2v) is 3.29. The standard InChI is InChI=1S/C5H11N.C4H10O.C2H6/c1-6-4-2-3-5-6;1-4(2)5-3;1-2/h2-5H2,1H3;4H,1-3H3;1-2H3. The van der Waals surface area contributed by atoms with Crippen LogP contribution in [0, 0.1) is 0 Å². The Balaban J connectivity index is 0. The average Bonchev–Trinajstić information content (AvgIpc) is 2.60. The SMILES string of the molecule is CC.CN1CCCC1.COC(C)C. The van der Waals surface area contributed by atoms with Crippen molar-refractivity contribution in [2.45, 2.75) is 46.6 Å². The van der Waals surface area contributed by atoms with Crippen molar-refractivity contribution in [1.82, 2.24) is 4.90 Å². The van der Waals surface area contributed by atoms with Crippen molar-refractivity contribution in [1.29, 1.82) is 0 Å². The van der Waals surface area contributed by atoms with Gasteiger partial charge in [0.05, 0.1) is 6.10 Å². The molecular formula is C11H27NO. The first-order valence-electron chi connectivity index (χ1n) is 5.38. The molecule has 2 heteroatoms. The molecule has 0 aromatic carbocycles. The van der Waals surface area contributed by atoms with Crippen LogP contribution < -0.4 is 0 Å². The van der Waals surface area contributed by atoms with Crippen LogP contribution in [0.5, 0.6) is 0 Å². The topological polar surface area (TPSA) is 12.5 Å². The predicted molar refractivity (Wildman–Crippen MR) is 60.2 cm³/mol. The highest BCUT2D eigenvalue weighted by Gasteiger charge is 2.03. The summed E-state index contributed by atoms with van der Waals surface area (Å²) < 4.78 is 4.75. The molecule has 1 rings (SSSR count). The van der Waals surface area contributed by atoms with E-state index in [-0.39, 0.29) is 0 Å². The minimum Gasteiger partial charge on any atom is -0.382 e. The van der Waals surface area contributed by atoms with E-state index in [1.165, 1.54) is 25.9 Å². The van der Waals surface area contributed by atoms with E-state index in [2.05, 4.69) is 11.9 Å². The van der Waals surface area contributed by atoms with Gasteiger partial charge in [0.15, 0.2) is 0 Å². The zero-order chi connectivity index (χ0) is 10.7. The number of nitrogens with zero attached hydrogens (tertiary/aromatic N) is 1. The lowest BCUT2D eigenvalue weighted by Gasteiger charge is -2.01. The molecule has 0 aromatic rings. The number of hydrogen-bond acceptors (Lipinski definition) is 2. The third kappa shape index (κ3) is 14.7. The largest absolute Gasteiger partial charge is 0.382 e. The molecule has 1 saturated heterocycles. The zero-order valence-electron chi connectivity index (χ0n) is 10.3. The van der Waals surface area contributed by atoms with Gasteiger partial charge in [0.2, 0.25) is 0 Å². The second-order valence-electron chi connectivity index (χ2n) is 3.29. The minimum absolute atomic E-state index is 0.384. The molecule has 1 aliphatic heterocycles. The highest BCUT2D eigenvalue weighted by atomic mass is 16.5. The van der Waals surface area contributed by atoms with Gasteiger partial charge in [0.1, 0.15) is 0 Å². The van der Waals surface area contributed by atoms with E-state index >= 15 is 0 Å². The van der Waals surface area contributed by atoms with Gasteiger partial charge in [-0.2, -0.15) is 0 Å². The van der Waals surface area contributed by atoms with E-state index in [1.54, 1.807) is 7.11 Å². The van der Waals surface area contributed by atoms with Gasteiger partial charge in [-0.15, -0.1) is 0 Å². The molecule has 0 N–H and O–H groups in total. The molecule has 0 amide bonds. The molecule has 0 aromatic heterocycles. The molecule has 0 unspecified atom stereocenters. The molecule has 0 bridgehead atoms. The lowest BCUT2D eigenvalue weighted by atomic mass is 10.4. The van der Waals surface area contributed by atoms with E-state index in [0.717, 1.165) is 0 Å². The number of rotatable bonds is 1. The fourth-order valence-corrected chi connectivity index (χ4v) is 0.875. The van der Waals surface area contributed by atoms with E-state index in [1.807, 2.05) is 27.7 Å². The lowest BCUT2D eigenvalue weighted by molar-refractivity contribution is 0.134. The van der Waals surface area contributed by atoms with Gasteiger partial charge >= 0.3 is 0 Å². The van der Waals surface area contributed by atoms with Gasteiger partial charge in [0, 0.05) is 7.11 Å². The number of methoxy groups -OCH3 is 1. The quantitative estimate of drug-likeness (QED) is 0.629. The molecule has 0 saturated carbocycles. The van der Waals surface area contributed by atoms with E-state index in [0.29, 0.717) is 6.10 Å². The van der Waals surface area contributed by atoms with Gasteiger partial charge < -0.3 is 9.64 Å². The maximum atomic E-state index is 4.75. The summed E-state index contributed by atoms with van der Waals surface area (Å²) in [7, 11) is 3.87. The number of likely N-dealkylation sites (tertiary alicyclic amines) is 1. The van der Waals surface area contributed by atoms with Crippen LogP contribution in [0.1, 0.15) is 40.5 Å². The van der Waals surface area contributed by atoms with Crippen LogP contribution in [0.3, 0.4) is 0 Å². The Morgan fingerprint density at radius 2 is 1.38 bits per heavy atom. The third-order valence-electron chi connectivity index (χ3n) is 1.80. The highest BCUT2D eigenvalue weighted by Crippen LogP contribution is 2.02. The summed E-state index contributed by atoms with van der Waals surface area (Å²) >= 11 is 0. The first-order chi connectivity index (χ1) is 6.16. The Morgan fingerprint density at radius 1 is 1.08 bits per heavy atom. The summed E-state index contributed by atoms with van der Waals surface area (Å²) in [6, 6.07) is 0. The summed E-state index contributed by atoms with van der Waals surface area (Å²) in [6.45, 7) is 10.6. The van der Waals surface area contributed by atoms with Crippen LogP contribution >= 0.6 is 0 Å². The highest BCUT2D eigenvalue weighted by molar-refractivity contribution is 4.59. The molecule has 1 fully saturated rings. The van der Waals surface area contributed by atoms with Crippen LogP contribution in [0.4, 0.5) is 0 Å². The van der Waals surface area contributed by atoms with Crippen molar-refractivity contribution in [3.8, 4) is 0 Å². The molecule has 82 valence electrons. The molecule has 0 spiro atoms. The van der Waals surface area contributed by atoms with E-state index in [9.17, 15) is 0 Å². The van der Waals surface area contributed by atoms with Crippen molar-refractivity contribution < 1.29 is 4.74 Å². The average molecular weight is 189 g/mol. The van der Waals surface area contributed by atoms with Crippen molar-refractivity contribution in [2.24, 2.45) is 0 Å². The number of ether oxygens (including phenoxy) is 1. The first kappa shape index (κ1) is 15.4. The van der Waals surface area contributed by atoms with Crippen LogP contribution in [0.25, 0.3) is 0 Å². The molecule has 1 heterocycles. The Kier molecular flexibility index (Phi) is 14.1. The van der Waals surface area contributed by atoms with Crippen LogP contribution in [0.2, 0.25) is 0 Å². The molecular weight excluding hydrogens is 162 g/mol. The van der Waals surface area contributed by atoms with Crippen LogP contribution in [0.15, 0.2) is 0 Å². The van der Waals surface area contributed by atoms with Gasteiger partial charge in [-0.05, 0) is 46.8 Å². The summed E-state index contributed by atoms with van der Waals surface area (Å²) in [5, 5.41) is 0. The predicted octanol–water partition coefficient (Wildman–Crippen LogP) is 2.78. The number of hydrogen-bond donors (Lipinski definition) is 0. The smallest absolute Gasteiger partial charge is 0.0515 e. The molecule has 0 aliphatic carbocycles. The van der Waals surface area contributed by atoms with Gasteiger partial charge in [-0.3, -0.25) is 0 Å². The van der Waals surface area contributed by atoms with E-state index in [4.69, 9.17) is 4.74 Å². The lowest BCUT2D eigenvalue weighted by Crippen LogP contribution is -2.10. The fourth-order valence-electron chi connectivity index (χ4n) is 0.875. The Hall–Kier alpha value is -0.0800. The summed E-state index contributed by atoms with van der Waals surface area (Å²) in [5.74, 6) is 0. The molecule has 0 radical (unpaired) electrons. The zero-order valence-corrected chi connectivity index (χ0v) is 10.3. The van der Waals surface area contributed by atoms with E-state index < -0.39 is 0 Å². The molecule has 2 nitrogen and oxygen atoms in total. The maximum Gasteiger partial charge on any atom is 0.0515 e. The maximum absolute atomic E-state index is 4.75.